The molecule has 0 saturated heterocycles. The fourth-order valence-corrected chi connectivity index (χ4v) is 3.48. The zero-order valence-electron chi connectivity index (χ0n) is 12.8. The third-order valence-corrected chi connectivity index (χ3v) is 4.85. The van der Waals surface area contributed by atoms with E-state index in [0.29, 0.717) is 5.69 Å². The quantitative estimate of drug-likeness (QED) is 0.840. The Morgan fingerprint density at radius 1 is 1.36 bits per heavy atom. The van der Waals surface area contributed by atoms with Crippen LogP contribution in [0.1, 0.15) is 17.4 Å². The van der Waals surface area contributed by atoms with Gasteiger partial charge in [-0.15, -0.1) is 0 Å². The summed E-state index contributed by atoms with van der Waals surface area (Å²) >= 11 is 0. The lowest BCUT2D eigenvalue weighted by Gasteiger charge is -2.15. The Hall–Kier alpha value is -1.83. The molecule has 1 aromatic carbocycles. The summed E-state index contributed by atoms with van der Waals surface area (Å²) in [5.74, 6) is 0.270. The van der Waals surface area contributed by atoms with E-state index in [0.717, 1.165) is 5.56 Å². The van der Waals surface area contributed by atoms with Crippen molar-refractivity contribution in [2.75, 3.05) is 13.7 Å². The number of aryl methyl sites for hydroxylation is 2. The molecular formula is C15H20N2O4S. The van der Waals surface area contributed by atoms with Crippen LogP contribution in [0.2, 0.25) is 0 Å². The topological polar surface area (TPSA) is 80.6 Å². The lowest BCUT2D eigenvalue weighted by atomic mass is 10.2. The van der Waals surface area contributed by atoms with Crippen LogP contribution in [0.15, 0.2) is 41.4 Å². The summed E-state index contributed by atoms with van der Waals surface area (Å²) in [6.07, 6.45) is 0.863. The van der Waals surface area contributed by atoms with Crippen LogP contribution in [0.25, 0.3) is 0 Å². The Kier molecular flexibility index (Phi) is 4.90. The van der Waals surface area contributed by atoms with E-state index < -0.39 is 16.1 Å². The molecule has 1 aromatic heterocycles. The van der Waals surface area contributed by atoms with Crippen LogP contribution in [0, 0.1) is 6.92 Å². The van der Waals surface area contributed by atoms with Crippen molar-refractivity contribution in [1.29, 1.82) is 0 Å². The normalized spacial score (nSPS) is 13.1. The first-order valence-electron chi connectivity index (χ1n) is 6.79. The van der Waals surface area contributed by atoms with Crippen molar-refractivity contribution < 1.29 is 18.3 Å². The third kappa shape index (κ3) is 3.49. The molecule has 2 N–H and O–H groups in total. The van der Waals surface area contributed by atoms with Gasteiger partial charge in [-0.05, 0) is 36.8 Å². The predicted octanol–water partition coefficient (Wildman–Crippen LogP) is 1.35. The fourth-order valence-electron chi connectivity index (χ4n) is 2.19. The first-order chi connectivity index (χ1) is 10.3. The average Bonchev–Trinajstić information content (AvgIpc) is 2.91. The van der Waals surface area contributed by atoms with Gasteiger partial charge in [0.05, 0.1) is 7.11 Å². The van der Waals surface area contributed by atoms with Crippen molar-refractivity contribution in [2.24, 2.45) is 7.05 Å². The molecular weight excluding hydrogens is 304 g/mol. The second kappa shape index (κ2) is 6.51. The first-order valence-corrected chi connectivity index (χ1v) is 8.27. The van der Waals surface area contributed by atoms with Crippen LogP contribution in [0.4, 0.5) is 0 Å². The Morgan fingerprint density at radius 2 is 2.09 bits per heavy atom. The molecule has 2 rings (SSSR count). The van der Waals surface area contributed by atoms with E-state index in [2.05, 4.69) is 4.72 Å². The Morgan fingerprint density at radius 3 is 2.68 bits per heavy atom. The molecule has 1 heterocycles. The molecule has 0 saturated carbocycles. The standard InChI is InChI=1S/C15H20N2O4S/c1-11-6-7-14(21-3)15(9-11)22(19,20)16-10-13(18)12-5-4-8-17(12)2/h4-9,13,16,18H,10H2,1-3H3. The fraction of sp³-hybridized carbons (Fsp3) is 0.333. The summed E-state index contributed by atoms with van der Waals surface area (Å²) in [5, 5.41) is 10.1. The lowest BCUT2D eigenvalue weighted by Crippen LogP contribution is -2.29. The molecule has 0 aliphatic heterocycles. The van der Waals surface area contributed by atoms with Crippen molar-refractivity contribution in [3.8, 4) is 5.75 Å². The molecule has 0 bridgehead atoms. The molecule has 1 unspecified atom stereocenters. The van der Waals surface area contributed by atoms with Crippen molar-refractivity contribution >= 4 is 10.0 Å². The van der Waals surface area contributed by atoms with Gasteiger partial charge >= 0.3 is 0 Å². The van der Waals surface area contributed by atoms with Crippen molar-refractivity contribution in [2.45, 2.75) is 17.9 Å². The van der Waals surface area contributed by atoms with E-state index in [1.165, 1.54) is 13.2 Å². The van der Waals surface area contributed by atoms with Crippen LogP contribution < -0.4 is 9.46 Å². The van der Waals surface area contributed by atoms with Crippen LogP contribution in [0.5, 0.6) is 5.75 Å². The number of rotatable bonds is 6. The summed E-state index contributed by atoms with van der Waals surface area (Å²) in [7, 11) is -0.561. The Labute approximate surface area is 130 Å². The maximum atomic E-state index is 12.4. The maximum absolute atomic E-state index is 12.4. The van der Waals surface area contributed by atoms with Crippen LogP contribution in [0.3, 0.4) is 0 Å². The highest BCUT2D eigenvalue weighted by Gasteiger charge is 2.21. The van der Waals surface area contributed by atoms with E-state index in [1.807, 2.05) is 0 Å². The van der Waals surface area contributed by atoms with Gasteiger partial charge in [0.1, 0.15) is 16.7 Å². The van der Waals surface area contributed by atoms with Gasteiger partial charge in [-0.3, -0.25) is 0 Å². The van der Waals surface area contributed by atoms with Gasteiger partial charge in [-0.25, -0.2) is 13.1 Å². The minimum Gasteiger partial charge on any atom is -0.495 e. The highest BCUT2D eigenvalue weighted by Crippen LogP contribution is 2.24. The smallest absolute Gasteiger partial charge is 0.244 e. The van der Waals surface area contributed by atoms with Crippen molar-refractivity contribution in [3.63, 3.8) is 0 Å². The monoisotopic (exact) mass is 324 g/mol. The summed E-state index contributed by atoms with van der Waals surface area (Å²) < 4.78 is 34.1. The third-order valence-electron chi connectivity index (χ3n) is 3.40. The number of nitrogens with one attached hydrogen (secondary N) is 1. The van der Waals surface area contributed by atoms with Gasteiger partial charge in [-0.1, -0.05) is 6.07 Å². The first kappa shape index (κ1) is 16.5. The van der Waals surface area contributed by atoms with E-state index in [4.69, 9.17) is 4.74 Å². The molecule has 0 spiro atoms. The number of hydrogen-bond acceptors (Lipinski definition) is 4. The van der Waals surface area contributed by atoms with Gasteiger partial charge in [-0.2, -0.15) is 0 Å². The van der Waals surface area contributed by atoms with Crippen molar-refractivity contribution in [3.05, 3.63) is 47.8 Å². The zero-order chi connectivity index (χ0) is 16.3. The van der Waals surface area contributed by atoms with Gasteiger partial charge in [0.2, 0.25) is 10.0 Å². The van der Waals surface area contributed by atoms with Crippen LogP contribution in [-0.4, -0.2) is 31.7 Å². The molecule has 0 fully saturated rings. The lowest BCUT2D eigenvalue weighted by molar-refractivity contribution is 0.173. The Balaban J connectivity index is 2.18. The molecule has 120 valence electrons. The molecule has 0 aliphatic carbocycles. The van der Waals surface area contributed by atoms with Crippen LogP contribution >= 0.6 is 0 Å². The maximum Gasteiger partial charge on any atom is 0.244 e. The number of nitrogens with zero attached hydrogens (tertiary/aromatic N) is 1. The number of methoxy groups -OCH3 is 1. The van der Waals surface area contributed by atoms with Gasteiger partial charge in [0.25, 0.3) is 0 Å². The van der Waals surface area contributed by atoms with E-state index in [9.17, 15) is 13.5 Å². The minimum absolute atomic E-state index is 0.0640. The number of ether oxygens (including phenoxy) is 1. The second-order valence-corrected chi connectivity index (χ2v) is 6.80. The summed E-state index contributed by atoms with van der Waals surface area (Å²) in [4.78, 5) is 0.0640. The summed E-state index contributed by atoms with van der Waals surface area (Å²) in [5.41, 5.74) is 1.45. The SMILES string of the molecule is COc1ccc(C)cc1S(=O)(=O)NCC(O)c1cccn1C. The largest absolute Gasteiger partial charge is 0.495 e. The van der Waals surface area contributed by atoms with Gasteiger partial charge in [0, 0.05) is 25.5 Å². The molecule has 2 aromatic rings. The van der Waals surface area contributed by atoms with Crippen molar-refractivity contribution in [1.82, 2.24) is 9.29 Å². The number of aliphatic hydroxyl groups excluding tert-OH is 1. The molecule has 6 nitrogen and oxygen atoms in total. The molecule has 22 heavy (non-hydrogen) atoms. The average molecular weight is 324 g/mol. The van der Waals surface area contributed by atoms with E-state index in [1.54, 1.807) is 49.0 Å². The molecule has 0 radical (unpaired) electrons. The van der Waals surface area contributed by atoms with E-state index >= 15 is 0 Å². The molecule has 0 amide bonds. The van der Waals surface area contributed by atoms with Gasteiger partial charge < -0.3 is 14.4 Å². The number of benzene rings is 1. The predicted molar refractivity (Wildman–Crippen MR) is 83.3 cm³/mol. The van der Waals surface area contributed by atoms with Gasteiger partial charge in [0.15, 0.2) is 0 Å². The van der Waals surface area contributed by atoms with Crippen LogP contribution in [-0.2, 0) is 17.1 Å². The summed E-state index contributed by atoms with van der Waals surface area (Å²) in [6, 6.07) is 8.45. The minimum atomic E-state index is -3.77. The molecule has 0 aliphatic rings. The second-order valence-electron chi connectivity index (χ2n) is 5.07. The van der Waals surface area contributed by atoms with E-state index in [-0.39, 0.29) is 17.2 Å². The molecule has 1 atom stereocenters. The number of aliphatic hydroxyl groups is 1. The highest BCUT2D eigenvalue weighted by atomic mass is 32.2. The molecule has 7 heteroatoms. The number of hydrogen-bond donors (Lipinski definition) is 2. The number of sulfonamides is 1. The zero-order valence-corrected chi connectivity index (χ0v) is 13.6. The highest BCUT2D eigenvalue weighted by molar-refractivity contribution is 7.89. The summed E-state index contributed by atoms with van der Waals surface area (Å²) in [6.45, 7) is 1.69. The number of aromatic nitrogens is 1. The Bertz CT molecular complexity index is 753.